The number of nitrogens with two attached hydrogens (primary N) is 1. The van der Waals surface area contributed by atoms with Crippen LogP contribution in [0.3, 0.4) is 0 Å². The molecule has 148 valence electrons. The fraction of sp³-hybridized carbons (Fsp3) is 0.524. The highest BCUT2D eigenvalue weighted by atomic mass is 16.5. The fourth-order valence-corrected chi connectivity index (χ4v) is 3.40. The summed E-state index contributed by atoms with van der Waals surface area (Å²) in [5, 5.41) is 1.03. The maximum Gasteiger partial charge on any atom is 0.152 e. The first-order valence-corrected chi connectivity index (χ1v) is 9.92. The van der Waals surface area contributed by atoms with Gasteiger partial charge in [0.25, 0.3) is 0 Å². The lowest BCUT2D eigenvalue weighted by Crippen LogP contribution is -2.32. The van der Waals surface area contributed by atoms with Gasteiger partial charge in [0.05, 0.1) is 31.0 Å². The van der Waals surface area contributed by atoms with Gasteiger partial charge >= 0.3 is 0 Å². The van der Waals surface area contributed by atoms with Gasteiger partial charge in [-0.2, -0.15) is 0 Å². The largest absolute Gasteiger partial charge is 0.382 e. The molecule has 0 aliphatic rings. The molecule has 0 amide bonds. The molecule has 0 saturated heterocycles. The molecule has 0 fully saturated rings. The van der Waals surface area contributed by atoms with E-state index in [1.54, 1.807) is 0 Å². The highest BCUT2D eigenvalue weighted by Crippen LogP contribution is 2.30. The fourth-order valence-electron chi connectivity index (χ4n) is 3.40. The summed E-state index contributed by atoms with van der Waals surface area (Å²) in [4.78, 5) is 9.30. The number of imidazole rings is 1. The standard InChI is InChI=1S/C21H29BN4O2/c1-4-27-13-17-25-18-19(15-9-5-6-10-16(15)24-20(18)23)26(17)14-21(2,3)28-12-8-7-11-22/h5-6,9-10H,4,7-8,11-14H2,1-3H3,(H2,23,24). The van der Waals surface area contributed by atoms with Crippen LogP contribution in [0, 0.1) is 0 Å². The molecule has 3 aromatic rings. The SMILES string of the molecule is [B]CCCCOC(C)(C)Cn1c(COCC)nc2c(N)nc3ccccc3c21. The first kappa shape index (κ1) is 20.6. The predicted molar refractivity (Wildman–Crippen MR) is 115 cm³/mol. The van der Waals surface area contributed by atoms with E-state index in [1.165, 1.54) is 0 Å². The maximum absolute atomic E-state index is 6.24. The van der Waals surface area contributed by atoms with Gasteiger partial charge in [-0.05, 0) is 33.3 Å². The number of hydrogen-bond donors (Lipinski definition) is 1. The van der Waals surface area contributed by atoms with Crippen molar-refractivity contribution < 1.29 is 9.47 Å². The van der Waals surface area contributed by atoms with Crippen molar-refractivity contribution in [3.63, 3.8) is 0 Å². The van der Waals surface area contributed by atoms with Crippen LogP contribution in [0.2, 0.25) is 6.32 Å². The molecule has 2 aromatic heterocycles. The van der Waals surface area contributed by atoms with Crippen molar-refractivity contribution in [3.8, 4) is 0 Å². The van der Waals surface area contributed by atoms with E-state index in [1.807, 2.05) is 25.1 Å². The molecule has 3 rings (SSSR count). The number of nitrogens with zero attached hydrogens (tertiary/aromatic N) is 3. The van der Waals surface area contributed by atoms with E-state index in [2.05, 4.69) is 29.5 Å². The van der Waals surface area contributed by atoms with Gasteiger partial charge in [-0.25, -0.2) is 9.97 Å². The number of hydrogen-bond acceptors (Lipinski definition) is 5. The van der Waals surface area contributed by atoms with Gasteiger partial charge in [0.1, 0.15) is 17.9 Å². The topological polar surface area (TPSA) is 75.2 Å². The summed E-state index contributed by atoms with van der Waals surface area (Å²) in [6, 6.07) is 8.00. The van der Waals surface area contributed by atoms with Crippen LogP contribution in [0.15, 0.2) is 24.3 Å². The number of rotatable bonds is 10. The number of anilines is 1. The summed E-state index contributed by atoms with van der Waals surface area (Å²) in [6.07, 6.45) is 2.61. The number of nitrogen functional groups attached to an aromatic ring is 1. The molecule has 7 heteroatoms. The van der Waals surface area contributed by atoms with E-state index < -0.39 is 0 Å². The minimum atomic E-state index is -0.373. The van der Waals surface area contributed by atoms with Gasteiger partial charge in [0, 0.05) is 18.6 Å². The number of benzene rings is 1. The second-order valence-electron chi connectivity index (χ2n) is 7.57. The average Bonchev–Trinajstić information content (AvgIpc) is 3.02. The van der Waals surface area contributed by atoms with E-state index in [4.69, 9.17) is 28.0 Å². The van der Waals surface area contributed by atoms with Crippen molar-refractivity contribution in [1.29, 1.82) is 0 Å². The normalized spacial score (nSPS) is 12.2. The zero-order valence-corrected chi connectivity index (χ0v) is 17.1. The van der Waals surface area contributed by atoms with Gasteiger partial charge in [-0.15, -0.1) is 0 Å². The van der Waals surface area contributed by atoms with Crippen LogP contribution in [0.1, 0.15) is 39.4 Å². The number of unbranched alkanes of at least 4 members (excludes halogenated alkanes) is 1. The van der Waals surface area contributed by atoms with Crippen LogP contribution < -0.4 is 5.73 Å². The van der Waals surface area contributed by atoms with E-state index in [9.17, 15) is 0 Å². The smallest absolute Gasteiger partial charge is 0.152 e. The number of ether oxygens (including phenoxy) is 2. The second-order valence-corrected chi connectivity index (χ2v) is 7.57. The molecule has 0 bridgehead atoms. The molecular formula is C21H29BN4O2. The van der Waals surface area contributed by atoms with Gasteiger partial charge in [0.2, 0.25) is 0 Å². The number of fused-ring (bicyclic) bond motifs is 3. The third-order valence-corrected chi connectivity index (χ3v) is 4.75. The number of aromatic nitrogens is 3. The van der Waals surface area contributed by atoms with Gasteiger partial charge in [-0.3, -0.25) is 0 Å². The van der Waals surface area contributed by atoms with Crippen LogP contribution in [0.5, 0.6) is 0 Å². The zero-order valence-electron chi connectivity index (χ0n) is 17.1. The van der Waals surface area contributed by atoms with Crippen LogP contribution in [0.25, 0.3) is 21.9 Å². The number of para-hydroxylation sites is 1. The minimum Gasteiger partial charge on any atom is -0.382 e. The molecule has 0 spiro atoms. The molecule has 0 aliphatic carbocycles. The molecule has 2 heterocycles. The molecular weight excluding hydrogens is 351 g/mol. The van der Waals surface area contributed by atoms with Crippen LogP contribution in [-0.2, 0) is 22.6 Å². The Morgan fingerprint density at radius 3 is 2.71 bits per heavy atom. The van der Waals surface area contributed by atoms with E-state index >= 15 is 0 Å². The minimum absolute atomic E-state index is 0.373. The van der Waals surface area contributed by atoms with E-state index in [-0.39, 0.29) is 5.60 Å². The Balaban J connectivity index is 2.05. The summed E-state index contributed by atoms with van der Waals surface area (Å²) >= 11 is 0. The molecule has 2 N–H and O–H groups in total. The van der Waals surface area contributed by atoms with Gasteiger partial charge in [-0.1, -0.05) is 30.9 Å². The quantitative estimate of drug-likeness (QED) is 0.427. The Hall–Kier alpha value is -2.12. The zero-order chi connectivity index (χ0) is 20.1. The molecule has 0 saturated carbocycles. The lowest BCUT2D eigenvalue weighted by molar-refractivity contribution is -0.0310. The van der Waals surface area contributed by atoms with Crippen molar-refractivity contribution in [2.75, 3.05) is 18.9 Å². The molecule has 0 aliphatic heterocycles. The summed E-state index contributed by atoms with van der Waals surface area (Å²) in [6.45, 7) is 8.53. The monoisotopic (exact) mass is 380 g/mol. The van der Waals surface area contributed by atoms with E-state index in [0.29, 0.717) is 44.0 Å². The summed E-state index contributed by atoms with van der Waals surface area (Å²) in [5.41, 5.74) is 8.42. The molecule has 0 atom stereocenters. The predicted octanol–water partition coefficient (Wildman–Crippen LogP) is 3.87. The Morgan fingerprint density at radius 1 is 1.18 bits per heavy atom. The molecule has 0 unspecified atom stereocenters. The number of pyridine rings is 1. The summed E-state index contributed by atoms with van der Waals surface area (Å²) in [5.74, 6) is 1.27. The van der Waals surface area contributed by atoms with Crippen molar-refractivity contribution in [1.82, 2.24) is 14.5 Å². The highest BCUT2D eigenvalue weighted by Gasteiger charge is 2.25. The molecule has 6 nitrogen and oxygen atoms in total. The van der Waals surface area contributed by atoms with Crippen molar-refractivity contribution in [2.24, 2.45) is 0 Å². The molecule has 28 heavy (non-hydrogen) atoms. The van der Waals surface area contributed by atoms with Crippen LogP contribution >= 0.6 is 0 Å². The van der Waals surface area contributed by atoms with Crippen molar-refractivity contribution in [2.45, 2.75) is 58.7 Å². The van der Waals surface area contributed by atoms with Crippen LogP contribution in [0.4, 0.5) is 5.82 Å². The Kier molecular flexibility index (Phi) is 6.57. The lowest BCUT2D eigenvalue weighted by Gasteiger charge is -2.27. The average molecular weight is 380 g/mol. The summed E-state index contributed by atoms with van der Waals surface area (Å²) < 4.78 is 14.0. The van der Waals surface area contributed by atoms with Crippen molar-refractivity contribution >= 4 is 35.6 Å². The van der Waals surface area contributed by atoms with Crippen LogP contribution in [-0.4, -0.2) is 41.2 Å². The lowest BCUT2D eigenvalue weighted by atomic mass is 10.0. The van der Waals surface area contributed by atoms with E-state index in [0.717, 1.165) is 35.1 Å². The van der Waals surface area contributed by atoms with Gasteiger partial charge < -0.3 is 19.8 Å². The first-order chi connectivity index (χ1) is 13.5. The molecule has 2 radical (unpaired) electrons. The molecule has 1 aromatic carbocycles. The third kappa shape index (κ3) is 4.47. The third-order valence-electron chi connectivity index (χ3n) is 4.75. The Labute approximate surface area is 167 Å². The van der Waals surface area contributed by atoms with Crippen molar-refractivity contribution in [3.05, 3.63) is 30.1 Å². The maximum atomic E-state index is 6.24. The first-order valence-electron chi connectivity index (χ1n) is 9.92. The highest BCUT2D eigenvalue weighted by molar-refractivity contribution is 6.08. The second kappa shape index (κ2) is 8.92. The Morgan fingerprint density at radius 2 is 1.96 bits per heavy atom. The van der Waals surface area contributed by atoms with Gasteiger partial charge in [0.15, 0.2) is 5.82 Å². The summed E-state index contributed by atoms with van der Waals surface area (Å²) in [7, 11) is 5.58. The Bertz CT molecular complexity index is 939.